The van der Waals surface area contributed by atoms with E-state index in [0.717, 1.165) is 42.8 Å². The molecule has 0 spiro atoms. The van der Waals surface area contributed by atoms with Crippen LogP contribution in [0.2, 0.25) is 0 Å². The van der Waals surface area contributed by atoms with Crippen LogP contribution in [0.3, 0.4) is 0 Å². The number of unbranched alkanes of at least 4 members (excludes halogenated alkanes) is 3. The number of hydrogen-bond acceptors (Lipinski definition) is 4. The summed E-state index contributed by atoms with van der Waals surface area (Å²) < 4.78 is 17.1. The molecule has 2 aromatic heterocycles. The monoisotopic (exact) mass is 491 g/mol. The largest absolute Gasteiger partial charge is 0.318 e. The fourth-order valence-electron chi connectivity index (χ4n) is 4.39. The number of para-hydroxylation sites is 1. The molecule has 0 amide bonds. The first-order chi connectivity index (χ1) is 16.9. The highest BCUT2D eigenvalue weighted by atomic mass is 32.2. The van der Waals surface area contributed by atoms with Crippen molar-refractivity contribution >= 4 is 28.4 Å². The lowest BCUT2D eigenvalue weighted by Gasteiger charge is -2.13. The molecule has 0 aliphatic rings. The van der Waals surface area contributed by atoms with E-state index in [0.29, 0.717) is 28.2 Å². The second-order valence-corrected chi connectivity index (χ2v) is 9.68. The molecule has 0 aliphatic carbocycles. The Kier molecular flexibility index (Phi) is 7.86. The molecular formula is C28H30FN3O2S. The fourth-order valence-corrected chi connectivity index (χ4v) is 5.30. The predicted octanol–water partition coefficient (Wildman–Crippen LogP) is 6.50. The van der Waals surface area contributed by atoms with Gasteiger partial charge in [0, 0.05) is 29.2 Å². The van der Waals surface area contributed by atoms with E-state index in [2.05, 4.69) is 6.92 Å². The average Bonchev–Trinajstić information content (AvgIpc) is 3.16. The highest BCUT2D eigenvalue weighted by molar-refractivity contribution is 7.99. The van der Waals surface area contributed by atoms with E-state index in [1.807, 2.05) is 42.7 Å². The van der Waals surface area contributed by atoms with Crippen molar-refractivity contribution < 1.29 is 9.18 Å². The van der Waals surface area contributed by atoms with Crippen molar-refractivity contribution in [3.05, 3.63) is 87.7 Å². The fraction of sp³-hybridized carbons (Fsp3) is 0.321. The molecule has 0 fully saturated rings. The molecule has 5 nitrogen and oxygen atoms in total. The van der Waals surface area contributed by atoms with Crippen LogP contribution in [-0.2, 0) is 6.54 Å². The second kappa shape index (κ2) is 11.0. The number of aryl methyl sites for hydroxylation is 1. The zero-order valence-corrected chi connectivity index (χ0v) is 21.2. The number of fused-ring (bicyclic) bond motifs is 1. The Labute approximate surface area is 209 Å². The van der Waals surface area contributed by atoms with Crippen LogP contribution in [0.4, 0.5) is 4.39 Å². The van der Waals surface area contributed by atoms with Gasteiger partial charge in [0.05, 0.1) is 16.7 Å². The highest BCUT2D eigenvalue weighted by Gasteiger charge is 2.19. The van der Waals surface area contributed by atoms with Crippen molar-refractivity contribution in [1.29, 1.82) is 0 Å². The van der Waals surface area contributed by atoms with Crippen molar-refractivity contribution in [1.82, 2.24) is 14.1 Å². The molecule has 0 bridgehead atoms. The van der Waals surface area contributed by atoms with Crippen molar-refractivity contribution in [2.45, 2.75) is 58.2 Å². The van der Waals surface area contributed by atoms with Crippen molar-refractivity contribution in [3.63, 3.8) is 0 Å². The lowest BCUT2D eigenvalue weighted by Crippen LogP contribution is -2.24. The quantitative estimate of drug-likeness (QED) is 0.110. The first-order valence-electron chi connectivity index (χ1n) is 12.0. The number of rotatable bonds is 10. The lowest BCUT2D eigenvalue weighted by atomic mass is 10.2. The molecule has 4 aromatic rings. The number of ketones is 1. The van der Waals surface area contributed by atoms with Crippen LogP contribution in [-0.4, -0.2) is 25.7 Å². The maximum atomic E-state index is 13.4. The van der Waals surface area contributed by atoms with E-state index in [1.165, 1.54) is 23.9 Å². The minimum absolute atomic E-state index is 0.0311. The zero-order valence-electron chi connectivity index (χ0n) is 20.4. The highest BCUT2D eigenvalue weighted by Crippen LogP contribution is 2.25. The smallest absolute Gasteiger partial charge is 0.262 e. The van der Waals surface area contributed by atoms with Crippen LogP contribution in [0.25, 0.3) is 16.6 Å². The molecule has 35 heavy (non-hydrogen) atoms. The van der Waals surface area contributed by atoms with Gasteiger partial charge in [-0.05, 0) is 62.7 Å². The number of aromatic nitrogens is 3. The molecule has 2 heterocycles. The predicted molar refractivity (Wildman–Crippen MR) is 140 cm³/mol. The van der Waals surface area contributed by atoms with Gasteiger partial charge in [-0.1, -0.05) is 50.1 Å². The topological polar surface area (TPSA) is 56.9 Å². The van der Waals surface area contributed by atoms with Gasteiger partial charge in [-0.15, -0.1) is 0 Å². The summed E-state index contributed by atoms with van der Waals surface area (Å²) in [5.41, 5.74) is 3.73. The minimum Gasteiger partial charge on any atom is -0.318 e. The van der Waals surface area contributed by atoms with Gasteiger partial charge >= 0.3 is 0 Å². The van der Waals surface area contributed by atoms with E-state index >= 15 is 0 Å². The van der Waals surface area contributed by atoms with Crippen LogP contribution in [0.1, 0.15) is 54.4 Å². The third-order valence-electron chi connectivity index (χ3n) is 6.21. The molecule has 0 saturated heterocycles. The summed E-state index contributed by atoms with van der Waals surface area (Å²) in [5.74, 6) is -0.156. The molecule has 7 heteroatoms. The summed E-state index contributed by atoms with van der Waals surface area (Å²) in [5, 5.41) is 1.17. The van der Waals surface area contributed by atoms with E-state index in [9.17, 15) is 14.0 Å². The van der Waals surface area contributed by atoms with E-state index in [-0.39, 0.29) is 22.9 Å². The van der Waals surface area contributed by atoms with Crippen LogP contribution in [0.5, 0.6) is 0 Å². The van der Waals surface area contributed by atoms with E-state index in [1.54, 1.807) is 22.8 Å². The summed E-state index contributed by atoms with van der Waals surface area (Å²) in [6.07, 6.45) is 4.19. The minimum atomic E-state index is -0.299. The van der Waals surface area contributed by atoms with Gasteiger partial charge in [0.15, 0.2) is 10.9 Å². The number of halogens is 1. The van der Waals surface area contributed by atoms with Crippen molar-refractivity contribution in [2.24, 2.45) is 0 Å². The van der Waals surface area contributed by atoms with Gasteiger partial charge in [-0.2, -0.15) is 0 Å². The maximum absolute atomic E-state index is 13.4. The molecule has 2 aromatic carbocycles. The van der Waals surface area contributed by atoms with Crippen LogP contribution >= 0.6 is 11.8 Å². The zero-order chi connectivity index (χ0) is 24.9. The average molecular weight is 492 g/mol. The Bertz CT molecular complexity index is 1410. The Balaban J connectivity index is 1.59. The molecule has 4 rings (SSSR count). The van der Waals surface area contributed by atoms with Crippen molar-refractivity contribution in [3.8, 4) is 5.69 Å². The number of thioether (sulfide) groups is 1. The van der Waals surface area contributed by atoms with Gasteiger partial charge in [-0.25, -0.2) is 9.37 Å². The van der Waals surface area contributed by atoms with E-state index in [4.69, 9.17) is 4.98 Å². The van der Waals surface area contributed by atoms with Gasteiger partial charge in [0.2, 0.25) is 0 Å². The summed E-state index contributed by atoms with van der Waals surface area (Å²) in [4.78, 5) is 31.2. The van der Waals surface area contributed by atoms with Crippen LogP contribution < -0.4 is 5.56 Å². The standard InChI is InChI=1S/C28H30FN3O2S/c1-4-5-6-9-16-31-27(34)23-10-7-8-11-25(23)30-28(31)35-18-26(33)24-17-19(2)32(20(24)3)22-14-12-21(29)13-15-22/h7-8,10-15,17H,4-6,9,16,18H2,1-3H3. The molecule has 0 radical (unpaired) electrons. The van der Waals surface area contributed by atoms with E-state index < -0.39 is 0 Å². The van der Waals surface area contributed by atoms with Gasteiger partial charge < -0.3 is 4.57 Å². The SMILES string of the molecule is CCCCCCn1c(SCC(=O)c2cc(C)n(-c3ccc(F)cc3)c2C)nc2ccccc2c1=O. The third-order valence-corrected chi connectivity index (χ3v) is 7.19. The second-order valence-electron chi connectivity index (χ2n) is 8.74. The van der Waals surface area contributed by atoms with Crippen molar-refractivity contribution in [2.75, 3.05) is 5.75 Å². The molecule has 0 saturated carbocycles. The number of carbonyl (C=O) groups is 1. The third kappa shape index (κ3) is 5.40. The molecule has 0 aliphatic heterocycles. The maximum Gasteiger partial charge on any atom is 0.262 e. The molecular weight excluding hydrogens is 461 g/mol. The molecule has 182 valence electrons. The Morgan fingerprint density at radius 2 is 1.77 bits per heavy atom. The Hall–Kier alpha value is -3.19. The Morgan fingerprint density at radius 3 is 2.51 bits per heavy atom. The molecule has 0 atom stereocenters. The molecule has 0 N–H and O–H groups in total. The number of Topliss-reactive ketones (excluding diaryl/α,β-unsaturated/α-hetero) is 1. The first kappa shape index (κ1) is 24.9. The van der Waals surface area contributed by atoms with Crippen LogP contribution in [0.15, 0.2) is 64.5 Å². The number of benzene rings is 2. The summed E-state index contributed by atoms with van der Waals surface area (Å²) in [6.45, 7) is 6.57. The summed E-state index contributed by atoms with van der Waals surface area (Å²) in [6, 6.07) is 15.5. The molecule has 0 unspecified atom stereocenters. The lowest BCUT2D eigenvalue weighted by molar-refractivity contribution is 0.102. The normalized spacial score (nSPS) is 11.3. The first-order valence-corrected chi connectivity index (χ1v) is 13.0. The number of carbonyl (C=O) groups excluding carboxylic acids is 1. The number of hydrogen-bond donors (Lipinski definition) is 0. The van der Waals surface area contributed by atoms with Crippen LogP contribution in [0, 0.1) is 19.7 Å². The number of nitrogens with zero attached hydrogens (tertiary/aromatic N) is 3. The van der Waals surface area contributed by atoms with Gasteiger partial charge in [0.25, 0.3) is 5.56 Å². The van der Waals surface area contributed by atoms with Gasteiger partial charge in [-0.3, -0.25) is 14.2 Å². The summed E-state index contributed by atoms with van der Waals surface area (Å²) in [7, 11) is 0. The Morgan fingerprint density at radius 1 is 1.03 bits per heavy atom. The summed E-state index contributed by atoms with van der Waals surface area (Å²) >= 11 is 1.31. The van der Waals surface area contributed by atoms with Gasteiger partial charge in [0.1, 0.15) is 5.82 Å².